The van der Waals surface area contributed by atoms with Gasteiger partial charge in [0.2, 0.25) is 0 Å². The van der Waals surface area contributed by atoms with Crippen LogP contribution < -0.4 is 10.6 Å². The molecule has 0 unspecified atom stereocenters. The van der Waals surface area contributed by atoms with Crippen molar-refractivity contribution in [1.82, 2.24) is 9.97 Å². The monoisotopic (exact) mass is 164 g/mol. The Kier molecular flexibility index (Phi) is 2.63. The third kappa shape index (κ3) is 1.53. The first-order valence-corrected chi connectivity index (χ1v) is 3.66. The molecule has 0 aliphatic rings. The molecular weight excluding hydrogens is 152 g/mol. The summed E-state index contributed by atoms with van der Waals surface area (Å²) in [5, 5.41) is 5.89. The zero-order valence-corrected chi connectivity index (χ0v) is 7.26. The zero-order chi connectivity index (χ0) is 8.97. The number of anilines is 2. The Morgan fingerprint density at radius 3 is 2.67 bits per heavy atom. The molecule has 4 nitrogen and oxygen atoms in total. The van der Waals surface area contributed by atoms with E-state index in [0.717, 1.165) is 17.2 Å². The largest absolute Gasteiger partial charge is 0.373 e. The molecule has 0 radical (unpaired) electrons. The Hall–Kier alpha value is -1.58. The van der Waals surface area contributed by atoms with Crippen molar-refractivity contribution in [1.29, 1.82) is 0 Å². The number of hydrogen-bond acceptors (Lipinski definition) is 4. The van der Waals surface area contributed by atoms with E-state index in [1.54, 1.807) is 6.20 Å². The second-order valence-corrected chi connectivity index (χ2v) is 2.29. The van der Waals surface area contributed by atoms with Crippen LogP contribution in [-0.4, -0.2) is 17.0 Å². The summed E-state index contributed by atoms with van der Waals surface area (Å²) in [6.45, 7) is 5.50. The average molecular weight is 164 g/mol. The fraction of sp³-hybridized carbons (Fsp3) is 0.250. The summed E-state index contributed by atoms with van der Waals surface area (Å²) in [6.07, 6.45) is 3.10. The Morgan fingerprint density at radius 2 is 2.08 bits per heavy atom. The Bertz CT molecular complexity index is 282. The fourth-order valence-electron chi connectivity index (χ4n) is 0.944. The lowest BCUT2D eigenvalue weighted by Crippen LogP contribution is -2.01. The van der Waals surface area contributed by atoms with Gasteiger partial charge in [0.15, 0.2) is 0 Å². The van der Waals surface area contributed by atoms with Gasteiger partial charge in [-0.1, -0.05) is 6.58 Å². The van der Waals surface area contributed by atoms with Crippen molar-refractivity contribution in [2.45, 2.75) is 6.92 Å². The first-order valence-electron chi connectivity index (χ1n) is 3.66. The van der Waals surface area contributed by atoms with Crippen molar-refractivity contribution >= 4 is 11.6 Å². The Morgan fingerprint density at radius 1 is 1.42 bits per heavy atom. The maximum absolute atomic E-state index is 4.04. The summed E-state index contributed by atoms with van der Waals surface area (Å²) in [5.74, 6) is 1.61. The zero-order valence-electron chi connectivity index (χ0n) is 7.26. The molecule has 4 heteroatoms. The first-order chi connectivity index (χ1) is 5.79. The highest BCUT2D eigenvalue weighted by Gasteiger charge is 2.02. The van der Waals surface area contributed by atoms with E-state index >= 15 is 0 Å². The molecule has 2 N–H and O–H groups in total. The molecule has 0 saturated carbocycles. The van der Waals surface area contributed by atoms with Crippen LogP contribution in [0.1, 0.15) is 5.56 Å². The van der Waals surface area contributed by atoms with Gasteiger partial charge in [-0.25, -0.2) is 9.97 Å². The van der Waals surface area contributed by atoms with Gasteiger partial charge in [-0.2, -0.15) is 0 Å². The average Bonchev–Trinajstić information content (AvgIpc) is 2.09. The van der Waals surface area contributed by atoms with E-state index in [4.69, 9.17) is 0 Å². The SMILES string of the molecule is C=CNc1ncnc(NC)c1C. The molecule has 0 aromatic carbocycles. The number of hydrogen-bond donors (Lipinski definition) is 2. The molecule has 12 heavy (non-hydrogen) atoms. The van der Waals surface area contributed by atoms with Crippen molar-refractivity contribution in [2.24, 2.45) is 0 Å². The van der Waals surface area contributed by atoms with E-state index in [-0.39, 0.29) is 0 Å². The van der Waals surface area contributed by atoms with Crippen LogP contribution in [0.25, 0.3) is 0 Å². The summed E-state index contributed by atoms with van der Waals surface area (Å²) in [4.78, 5) is 8.09. The smallest absolute Gasteiger partial charge is 0.138 e. The quantitative estimate of drug-likeness (QED) is 0.708. The highest BCUT2D eigenvalue weighted by Crippen LogP contribution is 2.16. The van der Waals surface area contributed by atoms with Crippen LogP contribution >= 0.6 is 0 Å². The third-order valence-corrected chi connectivity index (χ3v) is 1.56. The van der Waals surface area contributed by atoms with Crippen molar-refractivity contribution in [3.05, 3.63) is 24.7 Å². The van der Waals surface area contributed by atoms with Crippen LogP contribution in [0.5, 0.6) is 0 Å². The van der Waals surface area contributed by atoms with Crippen LogP contribution in [0.2, 0.25) is 0 Å². The van der Waals surface area contributed by atoms with Crippen LogP contribution in [-0.2, 0) is 0 Å². The molecule has 0 bridgehead atoms. The maximum atomic E-state index is 4.04. The van der Waals surface area contributed by atoms with Gasteiger partial charge in [-0.05, 0) is 13.1 Å². The van der Waals surface area contributed by atoms with Gasteiger partial charge in [0.05, 0.1) is 0 Å². The fourth-order valence-corrected chi connectivity index (χ4v) is 0.944. The maximum Gasteiger partial charge on any atom is 0.138 e. The lowest BCUT2D eigenvalue weighted by molar-refractivity contribution is 1.12. The molecule has 0 fully saturated rings. The van der Waals surface area contributed by atoms with E-state index in [9.17, 15) is 0 Å². The third-order valence-electron chi connectivity index (χ3n) is 1.56. The van der Waals surface area contributed by atoms with E-state index < -0.39 is 0 Å². The van der Waals surface area contributed by atoms with Gasteiger partial charge < -0.3 is 10.6 Å². The standard InChI is InChI=1S/C8H12N4/c1-4-10-8-6(2)7(9-3)11-5-12-8/h4-5H,1H2,2-3H3,(H2,9,10,11,12). The van der Waals surface area contributed by atoms with Gasteiger partial charge in [0.1, 0.15) is 18.0 Å². The van der Waals surface area contributed by atoms with E-state index in [1.807, 2.05) is 14.0 Å². The van der Waals surface area contributed by atoms with Crippen molar-refractivity contribution in [3.8, 4) is 0 Å². The second-order valence-electron chi connectivity index (χ2n) is 2.29. The van der Waals surface area contributed by atoms with E-state index in [2.05, 4.69) is 27.2 Å². The molecule has 0 aliphatic heterocycles. The van der Waals surface area contributed by atoms with Crippen LogP contribution in [0, 0.1) is 6.92 Å². The highest BCUT2D eigenvalue weighted by molar-refractivity contribution is 5.56. The lowest BCUT2D eigenvalue weighted by Gasteiger charge is -2.07. The summed E-state index contributed by atoms with van der Waals surface area (Å²) >= 11 is 0. The molecule has 0 amide bonds. The Balaban J connectivity index is 3.04. The summed E-state index contributed by atoms with van der Waals surface area (Å²) in [5.41, 5.74) is 0.986. The molecule has 0 spiro atoms. The molecule has 0 aliphatic carbocycles. The normalized spacial score (nSPS) is 9.17. The van der Waals surface area contributed by atoms with Crippen LogP contribution in [0.15, 0.2) is 19.1 Å². The van der Waals surface area contributed by atoms with E-state index in [1.165, 1.54) is 6.33 Å². The molecule has 64 valence electrons. The predicted octanol–water partition coefficient (Wildman–Crippen LogP) is 1.38. The molecular formula is C8H12N4. The predicted molar refractivity (Wildman–Crippen MR) is 50.1 cm³/mol. The first kappa shape index (κ1) is 8.52. The van der Waals surface area contributed by atoms with Crippen molar-refractivity contribution in [2.75, 3.05) is 17.7 Å². The van der Waals surface area contributed by atoms with Gasteiger partial charge in [-0.15, -0.1) is 0 Å². The topological polar surface area (TPSA) is 49.8 Å². The second kappa shape index (κ2) is 3.71. The van der Waals surface area contributed by atoms with Gasteiger partial charge in [0.25, 0.3) is 0 Å². The summed E-state index contributed by atoms with van der Waals surface area (Å²) in [7, 11) is 1.83. The van der Waals surface area contributed by atoms with Gasteiger partial charge >= 0.3 is 0 Å². The minimum atomic E-state index is 0.782. The number of nitrogens with one attached hydrogen (secondary N) is 2. The molecule has 0 saturated heterocycles. The van der Waals surface area contributed by atoms with Crippen LogP contribution in [0.3, 0.4) is 0 Å². The molecule has 1 heterocycles. The number of aromatic nitrogens is 2. The number of rotatable bonds is 3. The van der Waals surface area contributed by atoms with Crippen LogP contribution in [0.4, 0.5) is 11.6 Å². The summed E-state index contributed by atoms with van der Waals surface area (Å²) < 4.78 is 0. The molecule has 1 aromatic rings. The van der Waals surface area contributed by atoms with Gasteiger partial charge in [0, 0.05) is 12.6 Å². The highest BCUT2D eigenvalue weighted by atomic mass is 15.1. The lowest BCUT2D eigenvalue weighted by atomic mass is 10.3. The van der Waals surface area contributed by atoms with E-state index in [0.29, 0.717) is 0 Å². The van der Waals surface area contributed by atoms with Gasteiger partial charge in [-0.3, -0.25) is 0 Å². The Labute approximate surface area is 71.7 Å². The molecule has 0 atom stereocenters. The molecule has 1 aromatic heterocycles. The van der Waals surface area contributed by atoms with Crippen molar-refractivity contribution < 1.29 is 0 Å². The molecule has 1 rings (SSSR count). The minimum absolute atomic E-state index is 0.782. The summed E-state index contributed by atoms with van der Waals surface area (Å²) in [6, 6.07) is 0. The van der Waals surface area contributed by atoms with Crippen molar-refractivity contribution in [3.63, 3.8) is 0 Å². The number of nitrogens with zero attached hydrogens (tertiary/aromatic N) is 2. The minimum Gasteiger partial charge on any atom is -0.373 e.